The highest BCUT2D eigenvalue weighted by molar-refractivity contribution is 5.39. The largest absolute Gasteiger partial charge is 0.324 e. The lowest BCUT2D eigenvalue weighted by atomic mass is 10.2. The zero-order chi connectivity index (χ0) is 8.55. The zero-order valence-electron chi connectivity index (χ0n) is 6.94. The Hall–Kier alpha value is -1.35. The Balaban J connectivity index is 2.60. The summed E-state index contributed by atoms with van der Waals surface area (Å²) in [5.74, 6) is 0. The van der Waals surface area contributed by atoms with Crippen molar-refractivity contribution in [1.29, 1.82) is 0 Å². The van der Waals surface area contributed by atoms with Gasteiger partial charge in [-0.15, -0.1) is 0 Å². The molecular weight excluding hydrogens is 150 g/mol. The van der Waals surface area contributed by atoms with Crippen LogP contribution in [0.1, 0.15) is 18.5 Å². The Morgan fingerprint density at radius 1 is 1.50 bits per heavy atom. The van der Waals surface area contributed by atoms with Gasteiger partial charge >= 0.3 is 0 Å². The minimum absolute atomic E-state index is 0.0804. The Morgan fingerprint density at radius 3 is 3.08 bits per heavy atom. The summed E-state index contributed by atoms with van der Waals surface area (Å²) in [6.07, 6.45) is 5.70. The average Bonchev–Trinajstić information content (AvgIpc) is 2.49. The second-order valence-corrected chi connectivity index (χ2v) is 2.94. The number of pyridine rings is 1. The van der Waals surface area contributed by atoms with Crippen molar-refractivity contribution in [2.75, 3.05) is 0 Å². The van der Waals surface area contributed by atoms with E-state index in [0.29, 0.717) is 0 Å². The van der Waals surface area contributed by atoms with Crippen LogP contribution in [0.2, 0.25) is 0 Å². The molecule has 0 aliphatic carbocycles. The first kappa shape index (κ1) is 7.31. The van der Waals surface area contributed by atoms with Gasteiger partial charge < -0.3 is 10.1 Å². The summed E-state index contributed by atoms with van der Waals surface area (Å²) in [5, 5.41) is 0. The molecule has 0 bridgehead atoms. The van der Waals surface area contributed by atoms with E-state index in [1.54, 1.807) is 6.20 Å². The molecule has 0 unspecified atom stereocenters. The van der Waals surface area contributed by atoms with Gasteiger partial charge in [0.1, 0.15) is 5.65 Å². The molecule has 2 aromatic heterocycles. The van der Waals surface area contributed by atoms with Crippen molar-refractivity contribution in [3.05, 3.63) is 36.3 Å². The smallest absolute Gasteiger partial charge is 0.136 e. The summed E-state index contributed by atoms with van der Waals surface area (Å²) in [4.78, 5) is 4.14. The standard InChI is InChI=1S/C9H11N3/c1-7(10)8-2-3-9-11-4-5-12(9)6-8/h2-7H,10H2,1H3/t7-/m1/s1. The minimum Gasteiger partial charge on any atom is -0.324 e. The van der Waals surface area contributed by atoms with Gasteiger partial charge in [-0.2, -0.15) is 0 Å². The molecule has 62 valence electrons. The van der Waals surface area contributed by atoms with Crippen LogP contribution in [0.15, 0.2) is 30.7 Å². The molecule has 0 spiro atoms. The second-order valence-electron chi connectivity index (χ2n) is 2.94. The van der Waals surface area contributed by atoms with Crippen molar-refractivity contribution in [2.45, 2.75) is 13.0 Å². The summed E-state index contributed by atoms with van der Waals surface area (Å²) < 4.78 is 1.97. The first-order valence-electron chi connectivity index (χ1n) is 3.95. The maximum atomic E-state index is 5.74. The zero-order valence-corrected chi connectivity index (χ0v) is 6.94. The van der Waals surface area contributed by atoms with E-state index < -0.39 is 0 Å². The lowest BCUT2D eigenvalue weighted by Crippen LogP contribution is -2.05. The molecule has 12 heavy (non-hydrogen) atoms. The second kappa shape index (κ2) is 2.60. The highest BCUT2D eigenvalue weighted by Gasteiger charge is 1.99. The molecule has 1 atom stereocenters. The average molecular weight is 161 g/mol. The Labute approximate surface area is 70.8 Å². The molecule has 3 nitrogen and oxygen atoms in total. The van der Waals surface area contributed by atoms with Crippen molar-refractivity contribution in [3.8, 4) is 0 Å². The summed E-state index contributed by atoms with van der Waals surface area (Å²) in [6.45, 7) is 1.97. The number of imidazole rings is 1. The molecule has 0 aromatic carbocycles. The maximum absolute atomic E-state index is 5.74. The third-order valence-electron chi connectivity index (χ3n) is 1.94. The molecular formula is C9H11N3. The van der Waals surface area contributed by atoms with Crippen LogP contribution in [-0.2, 0) is 0 Å². The normalized spacial score (nSPS) is 13.5. The van der Waals surface area contributed by atoms with Gasteiger partial charge in [0, 0.05) is 24.6 Å². The fourth-order valence-electron chi connectivity index (χ4n) is 1.21. The molecule has 2 heterocycles. The van der Waals surface area contributed by atoms with Crippen LogP contribution in [0.4, 0.5) is 0 Å². The van der Waals surface area contributed by atoms with Gasteiger partial charge in [0.2, 0.25) is 0 Å². The molecule has 0 aliphatic rings. The van der Waals surface area contributed by atoms with Crippen LogP contribution in [0.25, 0.3) is 5.65 Å². The molecule has 0 amide bonds. The molecule has 2 aromatic rings. The summed E-state index contributed by atoms with van der Waals surface area (Å²) in [5.41, 5.74) is 7.82. The highest BCUT2D eigenvalue weighted by atomic mass is 15.0. The number of aromatic nitrogens is 2. The van der Waals surface area contributed by atoms with Crippen LogP contribution < -0.4 is 5.73 Å². The van der Waals surface area contributed by atoms with Crippen LogP contribution >= 0.6 is 0 Å². The first-order valence-corrected chi connectivity index (χ1v) is 3.95. The van der Waals surface area contributed by atoms with Crippen LogP contribution in [0.5, 0.6) is 0 Å². The van der Waals surface area contributed by atoms with Crippen LogP contribution in [0, 0.1) is 0 Å². The maximum Gasteiger partial charge on any atom is 0.136 e. The van der Waals surface area contributed by atoms with Crippen molar-refractivity contribution < 1.29 is 0 Å². The van der Waals surface area contributed by atoms with E-state index in [1.165, 1.54) is 0 Å². The van der Waals surface area contributed by atoms with E-state index in [-0.39, 0.29) is 6.04 Å². The molecule has 2 rings (SSSR count). The molecule has 0 radical (unpaired) electrons. The van der Waals surface area contributed by atoms with Crippen LogP contribution in [0.3, 0.4) is 0 Å². The minimum atomic E-state index is 0.0804. The predicted octanol–water partition coefficient (Wildman–Crippen LogP) is 1.35. The van der Waals surface area contributed by atoms with Gasteiger partial charge in [0.15, 0.2) is 0 Å². The Kier molecular flexibility index (Phi) is 1.59. The van der Waals surface area contributed by atoms with Gasteiger partial charge in [0.05, 0.1) is 0 Å². The quantitative estimate of drug-likeness (QED) is 0.686. The molecule has 0 fully saturated rings. The summed E-state index contributed by atoms with van der Waals surface area (Å²) >= 11 is 0. The van der Waals surface area contributed by atoms with E-state index in [9.17, 15) is 0 Å². The van der Waals surface area contributed by atoms with Crippen molar-refractivity contribution in [3.63, 3.8) is 0 Å². The van der Waals surface area contributed by atoms with Crippen molar-refractivity contribution in [1.82, 2.24) is 9.38 Å². The molecule has 3 heteroatoms. The van der Waals surface area contributed by atoms with E-state index in [1.807, 2.05) is 35.9 Å². The molecule has 2 N–H and O–H groups in total. The van der Waals surface area contributed by atoms with Gasteiger partial charge in [-0.1, -0.05) is 6.07 Å². The Morgan fingerprint density at radius 2 is 2.33 bits per heavy atom. The molecule has 0 aliphatic heterocycles. The fourth-order valence-corrected chi connectivity index (χ4v) is 1.21. The molecule has 0 saturated carbocycles. The third kappa shape index (κ3) is 1.08. The SMILES string of the molecule is C[C@@H](N)c1ccc2nccn2c1. The number of nitrogens with two attached hydrogens (primary N) is 1. The predicted molar refractivity (Wildman–Crippen MR) is 47.8 cm³/mol. The third-order valence-corrected chi connectivity index (χ3v) is 1.94. The van der Waals surface area contributed by atoms with Crippen molar-refractivity contribution >= 4 is 5.65 Å². The van der Waals surface area contributed by atoms with Crippen LogP contribution in [-0.4, -0.2) is 9.38 Å². The fraction of sp³-hybridized carbons (Fsp3) is 0.222. The van der Waals surface area contributed by atoms with Gasteiger partial charge in [0.25, 0.3) is 0 Å². The number of rotatable bonds is 1. The monoisotopic (exact) mass is 161 g/mol. The first-order chi connectivity index (χ1) is 5.77. The van der Waals surface area contributed by atoms with E-state index in [2.05, 4.69) is 4.98 Å². The number of fused-ring (bicyclic) bond motifs is 1. The van der Waals surface area contributed by atoms with Gasteiger partial charge in [-0.05, 0) is 18.6 Å². The topological polar surface area (TPSA) is 43.3 Å². The highest BCUT2D eigenvalue weighted by Crippen LogP contribution is 2.10. The number of nitrogens with zero attached hydrogens (tertiary/aromatic N) is 2. The van der Waals surface area contributed by atoms with Crippen molar-refractivity contribution in [2.24, 2.45) is 5.73 Å². The van der Waals surface area contributed by atoms with Gasteiger partial charge in [-0.25, -0.2) is 4.98 Å². The molecule has 0 saturated heterocycles. The summed E-state index contributed by atoms with van der Waals surface area (Å²) in [6, 6.07) is 4.06. The van der Waals surface area contributed by atoms with E-state index in [4.69, 9.17) is 5.73 Å². The number of hydrogen-bond acceptors (Lipinski definition) is 2. The lowest BCUT2D eigenvalue weighted by molar-refractivity contribution is 0.808. The summed E-state index contributed by atoms with van der Waals surface area (Å²) in [7, 11) is 0. The van der Waals surface area contributed by atoms with E-state index in [0.717, 1.165) is 11.2 Å². The van der Waals surface area contributed by atoms with E-state index >= 15 is 0 Å². The number of hydrogen-bond donors (Lipinski definition) is 1. The van der Waals surface area contributed by atoms with Gasteiger partial charge in [-0.3, -0.25) is 0 Å². The lowest BCUT2D eigenvalue weighted by Gasteiger charge is -2.04. The Bertz CT molecular complexity index is 389.